The van der Waals surface area contributed by atoms with Gasteiger partial charge in [-0.1, -0.05) is 82.1 Å². The van der Waals surface area contributed by atoms with E-state index in [9.17, 15) is 0 Å². The lowest BCUT2D eigenvalue weighted by Crippen LogP contribution is -2.49. The molecule has 0 aromatic carbocycles. The second kappa shape index (κ2) is 20.0. The van der Waals surface area contributed by atoms with Crippen molar-refractivity contribution in [3.8, 4) is 0 Å². The highest BCUT2D eigenvalue weighted by Crippen LogP contribution is 2.35. The summed E-state index contributed by atoms with van der Waals surface area (Å²) in [5, 5.41) is 0. The lowest BCUT2D eigenvalue weighted by atomic mass is 9.77. The molecule has 15 atom stereocenters. The van der Waals surface area contributed by atoms with E-state index in [2.05, 4.69) is 104 Å². The number of hydrogen-bond acceptors (Lipinski definition) is 5. The minimum Gasteiger partial charge on any atom is -0.375 e. The molecule has 0 radical (unpaired) electrons. The first-order valence-electron chi connectivity index (χ1n) is 17.9. The molecule has 252 valence electrons. The van der Waals surface area contributed by atoms with Gasteiger partial charge in [-0.05, 0) is 95.3 Å². The van der Waals surface area contributed by atoms with Crippen molar-refractivity contribution in [3.63, 3.8) is 0 Å². The van der Waals surface area contributed by atoms with Crippen LogP contribution in [0.1, 0.15) is 136 Å². The van der Waals surface area contributed by atoms with Gasteiger partial charge < -0.3 is 23.7 Å². The van der Waals surface area contributed by atoms with Crippen LogP contribution in [0.15, 0.2) is 0 Å². The largest absolute Gasteiger partial charge is 0.375 e. The average Bonchev–Trinajstić information content (AvgIpc) is 2.96. The molecule has 3 aliphatic heterocycles. The SMILES string of the molecule is CC1O[C@H](C)[C@@H](C)C(C)[C@H]1C.CCCCCO[C@H]1C(C)OC(CC)[C@@H](C)[C@@H]1C.CCCO[C@H]1[C@H](C)[C@@H](C)C(C)O[C@@H]1C. The van der Waals surface area contributed by atoms with E-state index < -0.39 is 0 Å². The van der Waals surface area contributed by atoms with Crippen LogP contribution >= 0.6 is 0 Å². The van der Waals surface area contributed by atoms with Crippen LogP contribution in [0, 0.1) is 41.4 Å². The fraction of sp³-hybridized carbons (Fsp3) is 1.00. The third-order valence-electron chi connectivity index (χ3n) is 11.3. The van der Waals surface area contributed by atoms with Gasteiger partial charge >= 0.3 is 0 Å². The third-order valence-corrected chi connectivity index (χ3v) is 11.3. The van der Waals surface area contributed by atoms with Crippen molar-refractivity contribution in [2.75, 3.05) is 13.2 Å². The minimum absolute atomic E-state index is 0.239. The fourth-order valence-electron chi connectivity index (χ4n) is 7.02. The monoisotopic (exact) mass is 599 g/mol. The molecule has 0 aromatic rings. The lowest BCUT2D eigenvalue weighted by Gasteiger charge is -2.43. The molecule has 3 aliphatic rings. The highest BCUT2D eigenvalue weighted by Gasteiger charge is 2.39. The Bertz CT molecular complexity index is 673. The van der Waals surface area contributed by atoms with Crippen molar-refractivity contribution in [1.82, 2.24) is 0 Å². The van der Waals surface area contributed by atoms with Crippen molar-refractivity contribution < 1.29 is 23.7 Å². The van der Waals surface area contributed by atoms with Gasteiger partial charge in [-0.15, -0.1) is 0 Å². The summed E-state index contributed by atoms with van der Waals surface area (Å²) in [7, 11) is 0. The van der Waals surface area contributed by atoms with Crippen molar-refractivity contribution >= 4 is 0 Å². The van der Waals surface area contributed by atoms with Gasteiger partial charge in [0.15, 0.2) is 0 Å². The van der Waals surface area contributed by atoms with Gasteiger partial charge in [0.25, 0.3) is 0 Å². The molecule has 42 heavy (non-hydrogen) atoms. The summed E-state index contributed by atoms with van der Waals surface area (Å²) >= 11 is 0. The summed E-state index contributed by atoms with van der Waals surface area (Å²) < 4.78 is 29.6. The molecule has 3 heterocycles. The summed E-state index contributed by atoms with van der Waals surface area (Å²) in [6.07, 6.45) is 8.59. The smallest absolute Gasteiger partial charge is 0.0862 e. The Balaban J connectivity index is 0.000000322. The van der Waals surface area contributed by atoms with Gasteiger partial charge in [0, 0.05) is 13.2 Å². The summed E-state index contributed by atoms with van der Waals surface area (Å²) in [4.78, 5) is 0. The van der Waals surface area contributed by atoms with Crippen molar-refractivity contribution in [2.24, 2.45) is 41.4 Å². The van der Waals surface area contributed by atoms with E-state index in [0.717, 1.165) is 32.0 Å². The van der Waals surface area contributed by atoms with Gasteiger partial charge in [0.05, 0.1) is 48.8 Å². The van der Waals surface area contributed by atoms with Crippen LogP contribution in [0.2, 0.25) is 0 Å². The number of ether oxygens (including phenoxy) is 5. The average molecular weight is 599 g/mol. The van der Waals surface area contributed by atoms with Gasteiger partial charge in [-0.2, -0.15) is 0 Å². The van der Waals surface area contributed by atoms with Crippen LogP contribution < -0.4 is 0 Å². The van der Waals surface area contributed by atoms with Crippen LogP contribution in [0.4, 0.5) is 0 Å². The molecule has 0 N–H and O–H groups in total. The molecule has 3 rings (SSSR count). The number of hydrogen-bond donors (Lipinski definition) is 0. The van der Waals surface area contributed by atoms with Gasteiger partial charge in [-0.3, -0.25) is 0 Å². The molecule has 5 unspecified atom stereocenters. The first-order chi connectivity index (χ1) is 19.7. The van der Waals surface area contributed by atoms with Gasteiger partial charge in [0.2, 0.25) is 0 Å². The second-order valence-electron chi connectivity index (χ2n) is 14.3. The summed E-state index contributed by atoms with van der Waals surface area (Å²) in [6, 6.07) is 0. The predicted octanol–water partition coefficient (Wildman–Crippen LogP) is 9.59. The molecular formula is C37H74O5. The van der Waals surface area contributed by atoms with Gasteiger partial charge in [0.1, 0.15) is 0 Å². The van der Waals surface area contributed by atoms with Crippen LogP contribution in [0.5, 0.6) is 0 Å². The summed E-state index contributed by atoms with van der Waals surface area (Å²) in [6.45, 7) is 35.2. The molecule has 0 amide bonds. The molecule has 3 saturated heterocycles. The zero-order valence-electron chi connectivity index (χ0n) is 30.7. The van der Waals surface area contributed by atoms with E-state index in [1.54, 1.807) is 0 Å². The topological polar surface area (TPSA) is 46.2 Å². The number of unbranched alkanes of at least 4 members (excludes halogenated alkanes) is 2. The maximum absolute atomic E-state index is 6.06. The van der Waals surface area contributed by atoms with Crippen molar-refractivity contribution in [1.29, 1.82) is 0 Å². The van der Waals surface area contributed by atoms with E-state index in [0.29, 0.717) is 59.9 Å². The summed E-state index contributed by atoms with van der Waals surface area (Å²) in [5.74, 6) is 4.61. The Kier molecular flexibility index (Phi) is 19.0. The predicted molar refractivity (Wildman–Crippen MR) is 178 cm³/mol. The lowest BCUT2D eigenvalue weighted by molar-refractivity contribution is -0.181. The first-order valence-corrected chi connectivity index (χ1v) is 17.9. The molecule has 0 spiro atoms. The molecule has 5 nitrogen and oxygen atoms in total. The van der Waals surface area contributed by atoms with Crippen LogP contribution in [-0.4, -0.2) is 62.0 Å². The van der Waals surface area contributed by atoms with E-state index in [1.807, 2.05) is 0 Å². The highest BCUT2D eigenvalue weighted by atomic mass is 16.6. The highest BCUT2D eigenvalue weighted by molar-refractivity contribution is 4.87. The van der Waals surface area contributed by atoms with Crippen LogP contribution in [0.3, 0.4) is 0 Å². The number of rotatable bonds is 9. The van der Waals surface area contributed by atoms with Crippen molar-refractivity contribution in [3.05, 3.63) is 0 Å². The minimum atomic E-state index is 0.239. The maximum Gasteiger partial charge on any atom is 0.0862 e. The molecule has 0 aromatic heterocycles. The summed E-state index contributed by atoms with van der Waals surface area (Å²) in [5.41, 5.74) is 0. The molecule has 0 aliphatic carbocycles. The third kappa shape index (κ3) is 11.6. The first kappa shape index (κ1) is 39.8. The normalized spacial score (nSPS) is 43.9. The van der Waals surface area contributed by atoms with Crippen LogP contribution in [-0.2, 0) is 23.7 Å². The van der Waals surface area contributed by atoms with E-state index in [1.165, 1.54) is 19.3 Å². The Morgan fingerprint density at radius 1 is 0.405 bits per heavy atom. The fourth-order valence-corrected chi connectivity index (χ4v) is 7.02. The molecule has 0 saturated carbocycles. The molecule has 0 bridgehead atoms. The quantitative estimate of drug-likeness (QED) is 0.247. The van der Waals surface area contributed by atoms with E-state index >= 15 is 0 Å². The Labute approximate surface area is 262 Å². The van der Waals surface area contributed by atoms with E-state index in [4.69, 9.17) is 23.7 Å². The van der Waals surface area contributed by atoms with Crippen molar-refractivity contribution in [2.45, 2.75) is 185 Å². The second-order valence-corrected chi connectivity index (χ2v) is 14.3. The Hall–Kier alpha value is -0.200. The van der Waals surface area contributed by atoms with Gasteiger partial charge in [-0.25, -0.2) is 0 Å². The molecule has 3 fully saturated rings. The Morgan fingerprint density at radius 2 is 0.833 bits per heavy atom. The maximum atomic E-state index is 6.06. The molecule has 5 heteroatoms. The van der Waals surface area contributed by atoms with E-state index in [-0.39, 0.29) is 24.4 Å². The Morgan fingerprint density at radius 3 is 1.31 bits per heavy atom. The zero-order chi connectivity index (χ0) is 32.1. The standard InChI is InChI=1S/C15H30O2.C12H24O2.C10H20O/c1-6-8-9-10-16-15-12(4)11(3)14(7-2)17-13(15)5;1-6-7-13-12-9(3)8(2)10(4)14-11(12)5;1-6-7(2)9(4)11-10(5)8(6)3/h11-15H,6-10H2,1-5H3;8-12H,6-7H2,1-5H3;6-10H,1-5H3/t11-,12-,13?,14?,15+;8-,9-,10?,11-,12+;6?,7-,8+,9+,10?/m010/s1. The van der Waals surface area contributed by atoms with Crippen LogP contribution in [0.25, 0.3) is 0 Å². The molecular weight excluding hydrogens is 524 g/mol. The zero-order valence-corrected chi connectivity index (χ0v) is 30.7.